The number of nitrogens with one attached hydrogen (secondary N) is 2. The molecule has 0 saturated carbocycles. The van der Waals surface area contributed by atoms with Gasteiger partial charge in [-0.2, -0.15) is 0 Å². The second kappa shape index (κ2) is 7.91. The number of aromatic nitrogens is 2. The molecule has 0 unspecified atom stereocenters. The lowest BCUT2D eigenvalue weighted by atomic mass is 9.97. The number of amides is 1. The molecule has 2 aromatic carbocycles. The van der Waals surface area contributed by atoms with Gasteiger partial charge in [-0.1, -0.05) is 17.7 Å². The van der Waals surface area contributed by atoms with Crippen molar-refractivity contribution in [2.45, 2.75) is 19.0 Å². The fourth-order valence-electron chi connectivity index (χ4n) is 3.60. The molecular weight excluding hydrogens is 376 g/mol. The maximum atomic E-state index is 12.9. The second-order valence-corrected chi connectivity index (χ2v) is 7.67. The number of aromatic amines is 1. The van der Waals surface area contributed by atoms with Crippen LogP contribution in [0.5, 0.6) is 0 Å². The van der Waals surface area contributed by atoms with Gasteiger partial charge < -0.3 is 19.9 Å². The molecule has 4 rings (SSSR count). The molecule has 1 aliphatic heterocycles. The van der Waals surface area contributed by atoms with Crippen molar-refractivity contribution in [2.24, 2.45) is 0 Å². The number of methoxy groups -OCH3 is 1. The van der Waals surface area contributed by atoms with Crippen LogP contribution >= 0.6 is 11.6 Å². The molecule has 3 aromatic rings. The highest BCUT2D eigenvalue weighted by molar-refractivity contribution is 6.31. The third-order valence-electron chi connectivity index (χ3n) is 5.10. The maximum Gasteiger partial charge on any atom is 0.251 e. The number of ether oxygens (including phenoxy) is 1. The summed E-state index contributed by atoms with van der Waals surface area (Å²) in [6, 6.07) is 11.0. The molecule has 6 nitrogen and oxygen atoms in total. The van der Waals surface area contributed by atoms with E-state index in [1.54, 1.807) is 13.2 Å². The largest absolute Gasteiger partial charge is 0.382 e. The van der Waals surface area contributed by atoms with Crippen molar-refractivity contribution in [3.63, 3.8) is 0 Å². The van der Waals surface area contributed by atoms with Gasteiger partial charge in [-0.3, -0.25) is 4.79 Å². The quantitative estimate of drug-likeness (QED) is 0.691. The van der Waals surface area contributed by atoms with Crippen LogP contribution in [0, 0.1) is 0 Å². The summed E-state index contributed by atoms with van der Waals surface area (Å²) >= 11 is 6.05. The van der Waals surface area contributed by atoms with Crippen molar-refractivity contribution in [3.05, 3.63) is 63.9 Å². The van der Waals surface area contributed by atoms with Crippen molar-refractivity contribution >= 4 is 28.5 Å². The van der Waals surface area contributed by atoms with Crippen LogP contribution < -0.4 is 5.32 Å². The molecule has 0 aliphatic carbocycles. The molecule has 0 fully saturated rings. The normalized spacial score (nSPS) is 15.4. The summed E-state index contributed by atoms with van der Waals surface area (Å²) in [7, 11) is 3.72. The standard InChI is InChI=1S/C21H23ClN4O2/c1-26-8-7-13-9-14(3-4-15(13)11-26)21(27)25-19(12-28-2)20-23-17-6-5-16(22)10-18(17)24-20/h3-6,9-10,19H,7-8,11-12H2,1-2H3,(H,23,24)(H,25,27)/t19-/m0/s1. The summed E-state index contributed by atoms with van der Waals surface area (Å²) in [5.41, 5.74) is 4.81. The van der Waals surface area contributed by atoms with Crippen LogP contribution in [0.3, 0.4) is 0 Å². The molecule has 1 amide bonds. The predicted octanol–water partition coefficient (Wildman–Crippen LogP) is 3.32. The SMILES string of the molecule is COC[C@H](NC(=O)c1ccc2c(c1)CCN(C)C2)c1nc2ccc(Cl)cc2[nH]1. The van der Waals surface area contributed by atoms with Crippen LogP contribution in [0.2, 0.25) is 5.02 Å². The third-order valence-corrected chi connectivity index (χ3v) is 5.34. The van der Waals surface area contributed by atoms with E-state index < -0.39 is 0 Å². The zero-order valence-electron chi connectivity index (χ0n) is 16.0. The third kappa shape index (κ3) is 3.90. The molecule has 0 bridgehead atoms. The lowest BCUT2D eigenvalue weighted by Gasteiger charge is -2.25. The molecule has 0 radical (unpaired) electrons. The van der Waals surface area contributed by atoms with E-state index in [2.05, 4.69) is 33.3 Å². The second-order valence-electron chi connectivity index (χ2n) is 7.24. The van der Waals surface area contributed by atoms with Gasteiger partial charge >= 0.3 is 0 Å². The average Bonchev–Trinajstić information content (AvgIpc) is 3.10. The number of H-pyrrole nitrogens is 1. The Hall–Kier alpha value is -2.41. The Labute approximate surface area is 168 Å². The molecule has 0 spiro atoms. The van der Waals surface area contributed by atoms with Crippen molar-refractivity contribution in [3.8, 4) is 0 Å². The van der Waals surface area contributed by atoms with Crippen molar-refractivity contribution in [2.75, 3.05) is 27.3 Å². The first-order valence-electron chi connectivity index (χ1n) is 9.29. The minimum atomic E-state index is -0.383. The molecule has 7 heteroatoms. The average molecular weight is 399 g/mol. The summed E-state index contributed by atoms with van der Waals surface area (Å²) in [6.07, 6.45) is 0.957. The topological polar surface area (TPSA) is 70.2 Å². The Balaban J connectivity index is 1.56. The molecule has 28 heavy (non-hydrogen) atoms. The number of fused-ring (bicyclic) bond motifs is 2. The highest BCUT2D eigenvalue weighted by atomic mass is 35.5. The fraction of sp³-hybridized carbons (Fsp3) is 0.333. The Bertz CT molecular complexity index is 1020. The number of carbonyl (C=O) groups is 1. The van der Waals surface area contributed by atoms with Crippen LogP contribution in [-0.4, -0.2) is 48.1 Å². The molecule has 1 aliphatic rings. The number of benzene rings is 2. The van der Waals surface area contributed by atoms with Gasteiger partial charge in [0.2, 0.25) is 0 Å². The predicted molar refractivity (Wildman–Crippen MR) is 110 cm³/mol. The number of halogens is 1. The number of hydrogen-bond donors (Lipinski definition) is 2. The van der Waals surface area contributed by atoms with Gasteiger partial charge in [0, 0.05) is 30.8 Å². The molecule has 2 N–H and O–H groups in total. The van der Waals surface area contributed by atoms with Gasteiger partial charge in [-0.25, -0.2) is 4.98 Å². The minimum Gasteiger partial charge on any atom is -0.382 e. The Morgan fingerprint density at radius 3 is 3.00 bits per heavy atom. The van der Waals surface area contributed by atoms with Gasteiger partial charge in [0.15, 0.2) is 0 Å². The van der Waals surface area contributed by atoms with Crippen molar-refractivity contribution < 1.29 is 9.53 Å². The van der Waals surface area contributed by atoms with Gasteiger partial charge in [0.05, 0.1) is 17.6 Å². The van der Waals surface area contributed by atoms with Crippen molar-refractivity contribution in [1.82, 2.24) is 20.2 Å². The van der Waals surface area contributed by atoms with Crippen LogP contribution in [0.15, 0.2) is 36.4 Å². The van der Waals surface area contributed by atoms with E-state index in [1.165, 1.54) is 11.1 Å². The molecule has 1 atom stereocenters. The summed E-state index contributed by atoms with van der Waals surface area (Å²) in [6.45, 7) is 2.24. The first kappa shape index (κ1) is 18.9. The number of imidazole rings is 1. The zero-order valence-corrected chi connectivity index (χ0v) is 16.7. The number of hydrogen-bond acceptors (Lipinski definition) is 4. The molecule has 0 saturated heterocycles. The molecule has 2 heterocycles. The lowest BCUT2D eigenvalue weighted by molar-refractivity contribution is 0.0892. The Morgan fingerprint density at radius 2 is 2.18 bits per heavy atom. The summed E-state index contributed by atoms with van der Waals surface area (Å²) in [4.78, 5) is 23.0. The number of carbonyl (C=O) groups excluding carboxylic acids is 1. The van der Waals surface area contributed by atoms with E-state index >= 15 is 0 Å². The molecular formula is C21H23ClN4O2. The van der Waals surface area contributed by atoms with Gasteiger partial charge in [0.1, 0.15) is 11.9 Å². The van der Waals surface area contributed by atoms with Crippen LogP contribution in [0.25, 0.3) is 11.0 Å². The number of nitrogens with zero attached hydrogens (tertiary/aromatic N) is 2. The van der Waals surface area contributed by atoms with E-state index in [1.807, 2.05) is 24.3 Å². The number of likely N-dealkylation sites (N-methyl/N-ethyl adjacent to an activating group) is 1. The Morgan fingerprint density at radius 1 is 1.32 bits per heavy atom. The Kier molecular flexibility index (Phi) is 5.35. The van der Waals surface area contributed by atoms with Crippen LogP contribution in [0.1, 0.15) is 33.4 Å². The van der Waals surface area contributed by atoms with E-state index in [0.717, 1.165) is 30.5 Å². The van der Waals surface area contributed by atoms with E-state index in [-0.39, 0.29) is 11.9 Å². The minimum absolute atomic E-state index is 0.137. The summed E-state index contributed by atoms with van der Waals surface area (Å²) in [5.74, 6) is 0.509. The van der Waals surface area contributed by atoms with E-state index in [4.69, 9.17) is 16.3 Å². The first-order valence-corrected chi connectivity index (χ1v) is 9.66. The summed E-state index contributed by atoms with van der Waals surface area (Å²) < 4.78 is 5.31. The van der Waals surface area contributed by atoms with Crippen LogP contribution in [-0.2, 0) is 17.7 Å². The fourth-order valence-corrected chi connectivity index (χ4v) is 3.77. The van der Waals surface area contributed by atoms with Crippen molar-refractivity contribution in [1.29, 1.82) is 0 Å². The molecule has 1 aromatic heterocycles. The van der Waals surface area contributed by atoms with Gasteiger partial charge in [-0.05, 0) is 54.9 Å². The highest BCUT2D eigenvalue weighted by Gasteiger charge is 2.21. The van der Waals surface area contributed by atoms with Gasteiger partial charge in [0.25, 0.3) is 5.91 Å². The lowest BCUT2D eigenvalue weighted by Crippen LogP contribution is -2.32. The van der Waals surface area contributed by atoms with Gasteiger partial charge in [-0.15, -0.1) is 0 Å². The maximum absolute atomic E-state index is 12.9. The smallest absolute Gasteiger partial charge is 0.251 e. The highest BCUT2D eigenvalue weighted by Crippen LogP contribution is 2.22. The molecule has 146 valence electrons. The zero-order chi connectivity index (χ0) is 19.7. The summed E-state index contributed by atoms with van der Waals surface area (Å²) in [5, 5.41) is 3.67. The number of rotatable bonds is 5. The van der Waals surface area contributed by atoms with E-state index in [9.17, 15) is 4.79 Å². The monoisotopic (exact) mass is 398 g/mol. The van der Waals surface area contributed by atoms with E-state index in [0.29, 0.717) is 23.0 Å². The van der Waals surface area contributed by atoms with Crippen LogP contribution in [0.4, 0.5) is 0 Å². The first-order chi connectivity index (χ1) is 13.5.